The van der Waals surface area contributed by atoms with E-state index in [4.69, 9.17) is 20.8 Å². The zero-order valence-corrected chi connectivity index (χ0v) is 13.9. The monoisotopic (exact) mass is 374 g/mol. The van der Waals surface area contributed by atoms with Gasteiger partial charge in [0, 0.05) is 17.1 Å². The normalized spacial score (nSPS) is 10.5. The zero-order chi connectivity index (χ0) is 18.7. The van der Waals surface area contributed by atoms with Gasteiger partial charge in [-0.25, -0.2) is 4.79 Å². The van der Waals surface area contributed by atoms with E-state index >= 15 is 0 Å². The molecule has 9 heteroatoms. The SMILES string of the molecule is O=C(COC(=O)c1cc2ccccc2o1)Nc1ccc(Cl)c([N+](=O)[O-])c1. The van der Waals surface area contributed by atoms with Crippen molar-refractivity contribution in [2.45, 2.75) is 0 Å². The Morgan fingerprint density at radius 2 is 1.96 bits per heavy atom. The van der Waals surface area contributed by atoms with Gasteiger partial charge in [0.15, 0.2) is 6.61 Å². The molecule has 0 saturated carbocycles. The summed E-state index contributed by atoms with van der Waals surface area (Å²) < 4.78 is 10.2. The first-order valence-electron chi connectivity index (χ1n) is 7.33. The molecule has 0 fully saturated rings. The number of carbonyl (C=O) groups excluding carboxylic acids is 2. The van der Waals surface area contributed by atoms with E-state index in [0.717, 1.165) is 11.5 Å². The van der Waals surface area contributed by atoms with Crippen LogP contribution in [0.4, 0.5) is 11.4 Å². The fourth-order valence-corrected chi connectivity index (χ4v) is 2.40. The molecule has 0 atom stereocenters. The van der Waals surface area contributed by atoms with Gasteiger partial charge in [0.05, 0.1) is 4.92 Å². The lowest BCUT2D eigenvalue weighted by atomic mass is 10.2. The van der Waals surface area contributed by atoms with Crippen LogP contribution in [0.25, 0.3) is 11.0 Å². The maximum Gasteiger partial charge on any atom is 0.374 e. The van der Waals surface area contributed by atoms with Crippen molar-refractivity contribution in [3.63, 3.8) is 0 Å². The third-order valence-corrected chi connectivity index (χ3v) is 3.71. The summed E-state index contributed by atoms with van der Waals surface area (Å²) in [5.74, 6) is -1.48. The first kappa shape index (κ1) is 17.4. The molecule has 3 rings (SSSR count). The van der Waals surface area contributed by atoms with E-state index in [0.29, 0.717) is 5.58 Å². The van der Waals surface area contributed by atoms with Crippen LogP contribution in [0, 0.1) is 10.1 Å². The van der Waals surface area contributed by atoms with Gasteiger partial charge >= 0.3 is 5.97 Å². The van der Waals surface area contributed by atoms with E-state index in [1.54, 1.807) is 24.3 Å². The number of rotatable bonds is 5. The minimum absolute atomic E-state index is 0.0267. The molecule has 0 radical (unpaired) electrons. The molecular formula is C17H11ClN2O6. The third kappa shape index (κ3) is 3.81. The molecular weight excluding hydrogens is 364 g/mol. The van der Waals surface area contributed by atoms with E-state index in [9.17, 15) is 19.7 Å². The van der Waals surface area contributed by atoms with Crippen LogP contribution in [0.5, 0.6) is 0 Å². The van der Waals surface area contributed by atoms with E-state index in [1.165, 1.54) is 18.2 Å². The van der Waals surface area contributed by atoms with Gasteiger partial charge in [-0.3, -0.25) is 14.9 Å². The molecule has 1 aromatic heterocycles. The fourth-order valence-electron chi connectivity index (χ4n) is 2.21. The molecule has 2 aromatic carbocycles. The highest BCUT2D eigenvalue weighted by Gasteiger charge is 2.17. The van der Waals surface area contributed by atoms with Crippen molar-refractivity contribution in [1.82, 2.24) is 0 Å². The van der Waals surface area contributed by atoms with E-state index < -0.39 is 23.4 Å². The molecule has 3 aromatic rings. The number of nitrogens with one attached hydrogen (secondary N) is 1. The maximum atomic E-state index is 12.0. The Kier molecular flexibility index (Phi) is 4.85. The molecule has 1 amide bonds. The van der Waals surface area contributed by atoms with Crippen molar-refractivity contribution < 1.29 is 23.7 Å². The molecule has 0 aliphatic heterocycles. The number of para-hydroxylation sites is 1. The smallest absolute Gasteiger partial charge is 0.374 e. The number of carbonyl (C=O) groups is 2. The van der Waals surface area contributed by atoms with Gasteiger partial charge in [0.1, 0.15) is 10.6 Å². The molecule has 0 aliphatic rings. The second-order valence-electron chi connectivity index (χ2n) is 5.20. The van der Waals surface area contributed by atoms with E-state index in [2.05, 4.69) is 5.32 Å². The Balaban J connectivity index is 1.61. The molecule has 1 heterocycles. The number of furan rings is 1. The van der Waals surface area contributed by atoms with Crippen LogP contribution < -0.4 is 5.32 Å². The summed E-state index contributed by atoms with van der Waals surface area (Å²) in [7, 11) is 0. The summed E-state index contributed by atoms with van der Waals surface area (Å²) in [6, 6.07) is 12.3. The number of hydrogen-bond donors (Lipinski definition) is 1. The van der Waals surface area contributed by atoms with Crippen LogP contribution in [-0.2, 0) is 9.53 Å². The summed E-state index contributed by atoms with van der Waals surface area (Å²) in [6.45, 7) is -0.577. The number of hydrogen-bond acceptors (Lipinski definition) is 6. The molecule has 26 heavy (non-hydrogen) atoms. The minimum Gasteiger partial charge on any atom is -0.450 e. The van der Waals surface area contributed by atoms with Crippen LogP contribution >= 0.6 is 11.6 Å². The minimum atomic E-state index is -0.793. The molecule has 0 saturated heterocycles. The van der Waals surface area contributed by atoms with Crippen LogP contribution in [0.3, 0.4) is 0 Å². The average molecular weight is 375 g/mol. The van der Waals surface area contributed by atoms with E-state index in [-0.39, 0.29) is 22.2 Å². The predicted octanol–water partition coefficient (Wildman–Crippen LogP) is 3.79. The van der Waals surface area contributed by atoms with Crippen LogP contribution in [0.1, 0.15) is 10.6 Å². The van der Waals surface area contributed by atoms with Crippen LogP contribution in [0.15, 0.2) is 52.9 Å². The Morgan fingerprint density at radius 3 is 2.69 bits per heavy atom. The number of halogens is 1. The lowest BCUT2D eigenvalue weighted by Crippen LogP contribution is -2.20. The Morgan fingerprint density at radius 1 is 1.19 bits per heavy atom. The van der Waals surface area contributed by atoms with Crippen molar-refractivity contribution >= 4 is 45.8 Å². The molecule has 132 valence electrons. The second kappa shape index (κ2) is 7.24. The first-order chi connectivity index (χ1) is 12.4. The van der Waals surface area contributed by atoms with Crippen molar-refractivity contribution in [2.24, 2.45) is 0 Å². The van der Waals surface area contributed by atoms with Gasteiger partial charge in [0.2, 0.25) is 5.76 Å². The summed E-state index contributed by atoms with van der Waals surface area (Å²) >= 11 is 5.70. The quantitative estimate of drug-likeness (QED) is 0.413. The van der Waals surface area contributed by atoms with Gasteiger partial charge < -0.3 is 14.5 Å². The van der Waals surface area contributed by atoms with Crippen molar-refractivity contribution in [1.29, 1.82) is 0 Å². The molecule has 0 aliphatic carbocycles. The molecule has 0 unspecified atom stereocenters. The second-order valence-corrected chi connectivity index (χ2v) is 5.60. The first-order valence-corrected chi connectivity index (χ1v) is 7.71. The van der Waals surface area contributed by atoms with Gasteiger partial charge in [-0.05, 0) is 24.3 Å². The van der Waals surface area contributed by atoms with Crippen molar-refractivity contribution in [3.05, 3.63) is 69.4 Å². The number of nitro groups is 1. The largest absolute Gasteiger partial charge is 0.450 e. The number of nitro benzene ring substituents is 1. The standard InChI is InChI=1S/C17H11ClN2O6/c18-12-6-5-11(8-13(12)20(23)24)19-16(21)9-25-17(22)15-7-10-3-1-2-4-14(10)26-15/h1-8H,9H2,(H,19,21). The Bertz CT molecular complexity index is 980. The van der Waals surface area contributed by atoms with Gasteiger partial charge in [-0.2, -0.15) is 0 Å². The predicted molar refractivity (Wildman–Crippen MR) is 93.2 cm³/mol. The fraction of sp³-hybridized carbons (Fsp3) is 0.0588. The lowest BCUT2D eigenvalue weighted by molar-refractivity contribution is -0.384. The molecule has 8 nitrogen and oxygen atoms in total. The van der Waals surface area contributed by atoms with E-state index in [1.807, 2.05) is 0 Å². The Labute approximate surface area is 151 Å². The lowest BCUT2D eigenvalue weighted by Gasteiger charge is -2.06. The number of ether oxygens (including phenoxy) is 1. The number of esters is 1. The molecule has 0 bridgehead atoms. The van der Waals surface area contributed by atoms with Crippen LogP contribution in [-0.4, -0.2) is 23.4 Å². The van der Waals surface area contributed by atoms with Crippen LogP contribution in [0.2, 0.25) is 5.02 Å². The zero-order valence-electron chi connectivity index (χ0n) is 13.1. The van der Waals surface area contributed by atoms with Crippen molar-refractivity contribution in [2.75, 3.05) is 11.9 Å². The topological polar surface area (TPSA) is 112 Å². The highest BCUT2D eigenvalue weighted by atomic mass is 35.5. The number of fused-ring (bicyclic) bond motifs is 1. The summed E-state index contributed by atoms with van der Waals surface area (Å²) in [6.07, 6.45) is 0. The number of amides is 1. The van der Waals surface area contributed by atoms with Gasteiger partial charge in [-0.1, -0.05) is 29.8 Å². The number of benzene rings is 2. The molecule has 1 N–H and O–H groups in total. The number of anilines is 1. The third-order valence-electron chi connectivity index (χ3n) is 3.39. The highest BCUT2D eigenvalue weighted by Crippen LogP contribution is 2.27. The summed E-state index contributed by atoms with van der Waals surface area (Å²) in [5, 5.41) is 13.9. The van der Waals surface area contributed by atoms with Crippen molar-refractivity contribution in [3.8, 4) is 0 Å². The Hall–Kier alpha value is -3.39. The maximum absolute atomic E-state index is 12.0. The molecule has 0 spiro atoms. The number of nitrogens with zero attached hydrogens (tertiary/aromatic N) is 1. The van der Waals surface area contributed by atoms with Gasteiger partial charge in [0.25, 0.3) is 11.6 Å². The van der Waals surface area contributed by atoms with Gasteiger partial charge in [-0.15, -0.1) is 0 Å². The average Bonchev–Trinajstić information content (AvgIpc) is 3.05. The highest BCUT2D eigenvalue weighted by molar-refractivity contribution is 6.32. The summed E-state index contributed by atoms with van der Waals surface area (Å²) in [4.78, 5) is 34.0. The summed E-state index contributed by atoms with van der Waals surface area (Å²) in [5.41, 5.74) is 0.340.